The molecule has 3 atom stereocenters. The van der Waals surface area contributed by atoms with Crippen molar-refractivity contribution >= 4 is 11.9 Å². The van der Waals surface area contributed by atoms with Crippen LogP contribution in [0.4, 0.5) is 4.39 Å². The Bertz CT molecular complexity index is 583. The lowest BCUT2D eigenvalue weighted by Crippen LogP contribution is -2.32. The summed E-state index contributed by atoms with van der Waals surface area (Å²) in [4.78, 5) is 25.3. The van der Waals surface area contributed by atoms with E-state index in [1.807, 2.05) is 0 Å². The third-order valence-electron chi connectivity index (χ3n) is 3.66. The van der Waals surface area contributed by atoms with Crippen LogP contribution < -0.4 is 5.32 Å². The van der Waals surface area contributed by atoms with Crippen LogP contribution in [0.1, 0.15) is 0 Å². The molecule has 1 amide bonds. The number of likely N-dealkylation sites (N-methyl/N-ethyl adjacent to an activating group) is 1. The fourth-order valence-electron chi connectivity index (χ4n) is 2.48. The maximum Gasteiger partial charge on any atom is 0.318 e. The van der Waals surface area contributed by atoms with Crippen LogP contribution >= 0.6 is 0 Å². The summed E-state index contributed by atoms with van der Waals surface area (Å²) in [7, 11) is 4.78. The minimum absolute atomic E-state index is 0.205. The van der Waals surface area contributed by atoms with E-state index in [1.54, 1.807) is 25.1 Å². The number of carbonyl (C=O) groups excluding carboxylic acids is 2. The van der Waals surface area contributed by atoms with Crippen molar-refractivity contribution in [3.05, 3.63) is 23.7 Å². The molecule has 1 heterocycles. The van der Waals surface area contributed by atoms with E-state index < -0.39 is 35.5 Å². The van der Waals surface area contributed by atoms with Gasteiger partial charge < -0.3 is 15.0 Å². The van der Waals surface area contributed by atoms with Gasteiger partial charge in [-0.2, -0.15) is 0 Å². The van der Waals surface area contributed by atoms with Gasteiger partial charge in [-0.05, 0) is 6.08 Å². The topological polar surface area (TPSA) is 58.6 Å². The molecule has 1 aliphatic heterocycles. The average Bonchev–Trinajstić information content (AvgIpc) is 2.70. The lowest BCUT2D eigenvalue weighted by atomic mass is 9.83. The molecule has 1 N–H and O–H groups in total. The molecule has 0 saturated carbocycles. The number of halogens is 1. The Labute approximate surface area is 122 Å². The molecule has 2 rings (SSSR count). The lowest BCUT2D eigenvalue weighted by molar-refractivity contribution is -0.150. The molecule has 0 radical (unpaired) electrons. The summed E-state index contributed by atoms with van der Waals surface area (Å²) >= 11 is 0. The minimum atomic E-state index is -1.02. The van der Waals surface area contributed by atoms with E-state index in [0.29, 0.717) is 5.70 Å². The SMILES string of the molecule is COC(=O)[C@@H]1C(=O)NCC1C1C#CC=C(N(C)C)C=C1F. The fraction of sp³-hybridized carbons (Fsp3) is 0.467. The highest BCUT2D eigenvalue weighted by Crippen LogP contribution is 2.33. The number of rotatable bonds is 3. The van der Waals surface area contributed by atoms with E-state index in [-0.39, 0.29) is 6.54 Å². The summed E-state index contributed by atoms with van der Waals surface area (Å²) in [6.07, 6.45) is 2.98. The summed E-state index contributed by atoms with van der Waals surface area (Å²) in [5.74, 6) is 1.65. The summed E-state index contributed by atoms with van der Waals surface area (Å²) in [5, 5.41) is 2.58. The predicted molar refractivity (Wildman–Crippen MR) is 74.2 cm³/mol. The number of allylic oxidation sites excluding steroid dienone is 3. The van der Waals surface area contributed by atoms with Crippen LogP contribution in [0, 0.1) is 29.6 Å². The second-order valence-electron chi connectivity index (χ2n) is 5.17. The Morgan fingerprint density at radius 1 is 1.52 bits per heavy atom. The second-order valence-corrected chi connectivity index (χ2v) is 5.17. The second kappa shape index (κ2) is 6.00. The largest absolute Gasteiger partial charge is 0.468 e. The van der Waals surface area contributed by atoms with E-state index in [9.17, 15) is 14.0 Å². The van der Waals surface area contributed by atoms with E-state index in [1.165, 1.54) is 13.2 Å². The van der Waals surface area contributed by atoms with E-state index in [4.69, 9.17) is 0 Å². The summed E-state index contributed by atoms with van der Waals surface area (Å²) < 4.78 is 19.1. The number of methoxy groups -OCH3 is 1. The Morgan fingerprint density at radius 3 is 2.86 bits per heavy atom. The van der Waals surface area contributed by atoms with Crippen LogP contribution in [0.5, 0.6) is 0 Å². The highest BCUT2D eigenvalue weighted by Gasteiger charge is 2.46. The molecule has 1 aliphatic carbocycles. The molecular formula is C15H17FN2O3. The summed E-state index contributed by atoms with van der Waals surface area (Å²) in [6.45, 7) is 0.205. The molecule has 21 heavy (non-hydrogen) atoms. The van der Waals surface area contributed by atoms with Gasteiger partial charge in [-0.25, -0.2) is 4.39 Å². The quantitative estimate of drug-likeness (QED) is 0.466. The van der Waals surface area contributed by atoms with Crippen LogP contribution in [0.15, 0.2) is 23.7 Å². The summed E-state index contributed by atoms with van der Waals surface area (Å²) in [5.41, 5.74) is 0.634. The maximum absolute atomic E-state index is 14.4. The van der Waals surface area contributed by atoms with E-state index in [0.717, 1.165) is 0 Å². The smallest absolute Gasteiger partial charge is 0.318 e. The van der Waals surface area contributed by atoms with Gasteiger partial charge in [0.1, 0.15) is 11.7 Å². The van der Waals surface area contributed by atoms with Gasteiger partial charge in [0, 0.05) is 38.3 Å². The Kier molecular flexibility index (Phi) is 4.32. The van der Waals surface area contributed by atoms with Gasteiger partial charge >= 0.3 is 5.97 Å². The van der Waals surface area contributed by atoms with Gasteiger partial charge in [-0.3, -0.25) is 9.59 Å². The van der Waals surface area contributed by atoms with Crippen LogP contribution in [-0.2, 0) is 14.3 Å². The van der Waals surface area contributed by atoms with Crippen LogP contribution in [-0.4, -0.2) is 44.5 Å². The Hall–Kier alpha value is -2.29. The minimum Gasteiger partial charge on any atom is -0.468 e. The number of amides is 1. The molecule has 1 fully saturated rings. The van der Waals surface area contributed by atoms with Crippen molar-refractivity contribution in [1.82, 2.24) is 10.2 Å². The molecular weight excluding hydrogens is 275 g/mol. The molecule has 1 saturated heterocycles. The number of ether oxygens (including phenoxy) is 1. The van der Waals surface area contributed by atoms with Gasteiger partial charge in [0.05, 0.1) is 13.0 Å². The Morgan fingerprint density at radius 2 is 2.24 bits per heavy atom. The first-order chi connectivity index (χ1) is 9.95. The number of carbonyl (C=O) groups is 2. The van der Waals surface area contributed by atoms with Crippen molar-refractivity contribution in [2.45, 2.75) is 0 Å². The molecule has 0 aromatic heterocycles. The number of hydrogen-bond donors (Lipinski definition) is 1. The van der Waals surface area contributed by atoms with E-state index in [2.05, 4.69) is 21.9 Å². The molecule has 0 aromatic carbocycles. The monoisotopic (exact) mass is 292 g/mol. The molecule has 0 spiro atoms. The zero-order valence-electron chi connectivity index (χ0n) is 12.1. The molecule has 0 bridgehead atoms. The van der Waals surface area contributed by atoms with Crippen molar-refractivity contribution in [2.75, 3.05) is 27.7 Å². The summed E-state index contributed by atoms with van der Waals surface area (Å²) in [6, 6.07) is 0. The molecule has 2 aliphatic rings. The van der Waals surface area contributed by atoms with Gasteiger partial charge in [-0.15, -0.1) is 0 Å². The van der Waals surface area contributed by atoms with Crippen molar-refractivity contribution < 1.29 is 18.7 Å². The van der Waals surface area contributed by atoms with Crippen molar-refractivity contribution in [2.24, 2.45) is 17.8 Å². The lowest BCUT2D eigenvalue weighted by Gasteiger charge is -2.20. The first-order valence-electron chi connectivity index (χ1n) is 6.57. The number of esters is 1. The first kappa shape index (κ1) is 15.1. The third kappa shape index (κ3) is 2.92. The Balaban J connectivity index is 2.30. The normalized spacial score (nSPS) is 27.6. The van der Waals surface area contributed by atoms with Crippen LogP contribution in [0.3, 0.4) is 0 Å². The van der Waals surface area contributed by atoms with Crippen LogP contribution in [0.25, 0.3) is 0 Å². The number of nitrogens with one attached hydrogen (secondary N) is 1. The number of nitrogens with zero attached hydrogens (tertiary/aromatic N) is 1. The fourth-order valence-corrected chi connectivity index (χ4v) is 2.48. The van der Waals surface area contributed by atoms with Gasteiger partial charge in [0.25, 0.3) is 0 Å². The van der Waals surface area contributed by atoms with Gasteiger partial charge in [0.15, 0.2) is 0 Å². The molecule has 5 nitrogen and oxygen atoms in total. The average molecular weight is 292 g/mol. The third-order valence-corrected chi connectivity index (χ3v) is 3.66. The van der Waals surface area contributed by atoms with Crippen LogP contribution in [0.2, 0.25) is 0 Å². The van der Waals surface area contributed by atoms with Crippen molar-refractivity contribution in [3.8, 4) is 11.8 Å². The maximum atomic E-state index is 14.4. The molecule has 0 aromatic rings. The zero-order chi connectivity index (χ0) is 15.6. The predicted octanol–water partition coefficient (Wildman–Crippen LogP) is 0.454. The molecule has 112 valence electrons. The zero-order valence-corrected chi connectivity index (χ0v) is 12.1. The van der Waals surface area contributed by atoms with Crippen molar-refractivity contribution in [3.63, 3.8) is 0 Å². The standard InChI is InChI=1S/C15H17FN2O3/c1-18(2)9-5-4-6-10(12(16)7-9)11-8-17-14(19)13(11)15(20)21-3/h5,7,10-11,13H,8H2,1-3H3,(H,17,19)/t10?,11?,13-/m0/s1. The van der Waals surface area contributed by atoms with E-state index >= 15 is 0 Å². The van der Waals surface area contributed by atoms with Gasteiger partial charge in [0.2, 0.25) is 5.91 Å². The highest BCUT2D eigenvalue weighted by molar-refractivity contribution is 5.99. The molecule has 6 heteroatoms. The molecule has 2 unspecified atom stereocenters. The van der Waals surface area contributed by atoms with Crippen molar-refractivity contribution in [1.29, 1.82) is 0 Å². The first-order valence-corrected chi connectivity index (χ1v) is 6.57. The highest BCUT2D eigenvalue weighted by atomic mass is 19.1. The number of hydrogen-bond acceptors (Lipinski definition) is 4. The van der Waals surface area contributed by atoms with Gasteiger partial charge in [-0.1, -0.05) is 11.8 Å².